The van der Waals surface area contributed by atoms with Gasteiger partial charge in [0.1, 0.15) is 0 Å². The van der Waals surface area contributed by atoms with Crippen LogP contribution in [0.4, 0.5) is 0 Å². The predicted molar refractivity (Wildman–Crippen MR) is 55.0 cm³/mol. The summed E-state index contributed by atoms with van der Waals surface area (Å²) in [7, 11) is 2.70. The number of hydrogen-bond acceptors (Lipinski definition) is 3. The average molecular weight is 267 g/mol. The summed E-state index contributed by atoms with van der Waals surface area (Å²) in [5.74, 6) is -1.15. The Kier molecular flexibility index (Phi) is 6.27. The number of benzene rings is 1. The van der Waals surface area contributed by atoms with Crippen LogP contribution < -0.4 is 0 Å². The van der Waals surface area contributed by atoms with Crippen molar-refractivity contribution < 1.29 is 35.9 Å². The third-order valence-corrected chi connectivity index (χ3v) is 1.84. The summed E-state index contributed by atoms with van der Waals surface area (Å²) in [4.78, 5) is 10.8. The van der Waals surface area contributed by atoms with Crippen LogP contribution in [-0.4, -0.2) is 25.3 Å². The first-order chi connectivity index (χ1) is 7.20. The van der Waals surface area contributed by atoms with Gasteiger partial charge < -0.3 is 14.6 Å². The van der Waals surface area contributed by atoms with E-state index in [1.807, 2.05) is 6.07 Å². The maximum atomic E-state index is 10.8. The summed E-state index contributed by atoms with van der Waals surface area (Å²) in [6.45, 7) is 0. The van der Waals surface area contributed by atoms with Crippen LogP contribution in [0.25, 0.3) is 5.76 Å². The third kappa shape index (κ3) is 3.28. The molecule has 0 saturated heterocycles. The number of aliphatic carboxylic acids is 1. The molecule has 0 atom stereocenters. The van der Waals surface area contributed by atoms with Gasteiger partial charge in [0.05, 0.1) is 14.2 Å². The summed E-state index contributed by atoms with van der Waals surface area (Å²) >= 11 is 0. The van der Waals surface area contributed by atoms with E-state index in [1.54, 1.807) is 24.3 Å². The van der Waals surface area contributed by atoms with E-state index in [9.17, 15) is 4.79 Å². The van der Waals surface area contributed by atoms with Gasteiger partial charge in [0.2, 0.25) is 5.76 Å². The Bertz CT molecular complexity index is 373. The van der Waals surface area contributed by atoms with Crippen molar-refractivity contribution in [3.63, 3.8) is 0 Å². The van der Waals surface area contributed by atoms with Crippen molar-refractivity contribution in [1.29, 1.82) is 0 Å². The molecule has 0 fully saturated rings. The van der Waals surface area contributed by atoms with Gasteiger partial charge in [0.25, 0.3) is 0 Å². The third-order valence-electron chi connectivity index (χ3n) is 1.84. The number of ether oxygens (including phenoxy) is 2. The zero-order valence-electron chi connectivity index (χ0n) is 8.87. The summed E-state index contributed by atoms with van der Waals surface area (Å²) in [6.07, 6.45) is 0. The van der Waals surface area contributed by atoms with E-state index in [-0.39, 0.29) is 28.0 Å². The van der Waals surface area contributed by atoms with Gasteiger partial charge in [-0.1, -0.05) is 30.3 Å². The molecule has 0 aliphatic carbocycles. The first kappa shape index (κ1) is 14.5. The molecular formula is C11H12NiO4. The second-order valence-corrected chi connectivity index (χ2v) is 2.74. The molecule has 1 N–H and O–H groups in total. The van der Waals surface area contributed by atoms with Crippen LogP contribution in [0.5, 0.6) is 0 Å². The monoisotopic (exact) mass is 266 g/mol. The number of hydrogen-bond donors (Lipinski definition) is 1. The second-order valence-electron chi connectivity index (χ2n) is 2.74. The van der Waals surface area contributed by atoms with E-state index in [4.69, 9.17) is 14.6 Å². The smallest absolute Gasteiger partial charge is 0.375 e. The molecule has 0 aromatic heterocycles. The molecule has 0 radical (unpaired) electrons. The molecule has 0 aliphatic heterocycles. The second kappa shape index (κ2) is 6.91. The zero-order chi connectivity index (χ0) is 11.3. The fourth-order valence-corrected chi connectivity index (χ4v) is 1.21. The van der Waals surface area contributed by atoms with Crippen molar-refractivity contribution in [2.75, 3.05) is 14.2 Å². The molecular weight excluding hydrogens is 255 g/mol. The van der Waals surface area contributed by atoms with Crippen LogP contribution in [0, 0.1) is 0 Å². The molecule has 0 amide bonds. The van der Waals surface area contributed by atoms with Crippen LogP contribution in [0.1, 0.15) is 5.56 Å². The molecule has 0 bridgehead atoms. The Morgan fingerprint density at radius 2 is 1.69 bits per heavy atom. The minimum Gasteiger partial charge on any atom is -0.492 e. The van der Waals surface area contributed by atoms with Crippen LogP contribution in [0.15, 0.2) is 36.1 Å². The van der Waals surface area contributed by atoms with Gasteiger partial charge in [-0.15, -0.1) is 0 Å². The minimum atomic E-state index is -1.15. The van der Waals surface area contributed by atoms with E-state index in [0.29, 0.717) is 5.56 Å². The number of methoxy groups -OCH3 is 2. The van der Waals surface area contributed by atoms with Crippen molar-refractivity contribution in [3.05, 3.63) is 41.7 Å². The zero-order valence-corrected chi connectivity index (χ0v) is 9.86. The van der Waals surface area contributed by atoms with E-state index >= 15 is 0 Å². The van der Waals surface area contributed by atoms with E-state index in [0.717, 1.165) is 0 Å². The quantitative estimate of drug-likeness (QED) is 0.512. The first-order valence-corrected chi connectivity index (χ1v) is 4.31. The molecule has 1 rings (SSSR count). The van der Waals surface area contributed by atoms with Crippen LogP contribution >= 0.6 is 0 Å². The van der Waals surface area contributed by atoms with Crippen molar-refractivity contribution in [1.82, 2.24) is 0 Å². The van der Waals surface area contributed by atoms with Gasteiger partial charge in [-0.2, -0.15) is 0 Å². The number of carbonyl (C=O) groups is 1. The maximum Gasteiger partial charge on any atom is 0.375 e. The van der Waals surface area contributed by atoms with Gasteiger partial charge in [0, 0.05) is 22.1 Å². The first-order valence-electron chi connectivity index (χ1n) is 4.31. The van der Waals surface area contributed by atoms with E-state index in [1.165, 1.54) is 14.2 Å². The number of carboxylic acids is 1. The molecule has 0 unspecified atom stereocenters. The molecule has 0 saturated carbocycles. The largest absolute Gasteiger partial charge is 0.492 e. The summed E-state index contributed by atoms with van der Waals surface area (Å²) in [5, 5.41) is 8.87. The molecule has 90 valence electrons. The average Bonchev–Trinajstić information content (AvgIpc) is 2.26. The van der Waals surface area contributed by atoms with Crippen molar-refractivity contribution in [2.45, 2.75) is 0 Å². The molecule has 1 aromatic carbocycles. The SMILES string of the molecule is COC(C(=O)O)=C(OC)c1ccccc1.[Ni]. The number of rotatable bonds is 4. The van der Waals surface area contributed by atoms with E-state index in [2.05, 4.69) is 0 Å². The number of carboxylic acid groups (broad SMARTS) is 1. The van der Waals surface area contributed by atoms with Crippen LogP contribution in [-0.2, 0) is 30.8 Å². The Balaban J connectivity index is 0.00000225. The van der Waals surface area contributed by atoms with Gasteiger partial charge in [-0.05, 0) is 0 Å². The summed E-state index contributed by atoms with van der Waals surface area (Å²) < 4.78 is 9.80. The topological polar surface area (TPSA) is 55.8 Å². The summed E-state index contributed by atoms with van der Waals surface area (Å²) in [5.41, 5.74) is 0.666. The van der Waals surface area contributed by atoms with Crippen molar-refractivity contribution in [2.24, 2.45) is 0 Å². The van der Waals surface area contributed by atoms with Crippen molar-refractivity contribution in [3.8, 4) is 0 Å². The van der Waals surface area contributed by atoms with Crippen LogP contribution in [0.3, 0.4) is 0 Å². The molecule has 1 aromatic rings. The molecule has 5 heteroatoms. The molecule has 0 heterocycles. The van der Waals surface area contributed by atoms with Gasteiger partial charge in [0.15, 0.2) is 5.76 Å². The molecule has 4 nitrogen and oxygen atoms in total. The van der Waals surface area contributed by atoms with Gasteiger partial charge in [-0.25, -0.2) is 4.79 Å². The summed E-state index contributed by atoms with van der Waals surface area (Å²) in [6, 6.07) is 8.93. The molecule has 16 heavy (non-hydrogen) atoms. The van der Waals surface area contributed by atoms with Crippen molar-refractivity contribution >= 4 is 11.7 Å². The Morgan fingerprint density at radius 1 is 1.12 bits per heavy atom. The Labute approximate surface area is 104 Å². The molecule has 0 spiro atoms. The normalized spacial score (nSPS) is 10.9. The van der Waals surface area contributed by atoms with Crippen LogP contribution in [0.2, 0.25) is 0 Å². The van der Waals surface area contributed by atoms with E-state index < -0.39 is 5.97 Å². The Hall–Kier alpha value is -1.48. The fraction of sp³-hybridized carbons (Fsp3) is 0.182. The standard InChI is InChI=1S/C11H12O4.Ni/c1-14-9(10(15-2)11(12)13)8-6-4-3-5-7-8;/h3-7H,1-2H3,(H,12,13);. The fourth-order valence-electron chi connectivity index (χ4n) is 1.21. The van der Waals surface area contributed by atoms with Gasteiger partial charge in [-0.3, -0.25) is 0 Å². The maximum absolute atomic E-state index is 10.8. The predicted octanol–water partition coefficient (Wildman–Crippen LogP) is 1.73. The minimum absolute atomic E-state index is 0. The molecule has 0 aliphatic rings. The van der Waals surface area contributed by atoms with Gasteiger partial charge >= 0.3 is 5.97 Å². The Morgan fingerprint density at radius 3 is 2.06 bits per heavy atom.